The van der Waals surface area contributed by atoms with Gasteiger partial charge in [-0.25, -0.2) is 24.1 Å². The molecule has 218 valence electrons. The Hall–Kier alpha value is -3.20. The predicted octanol–water partition coefficient (Wildman–Crippen LogP) is 6.25. The molecule has 1 aliphatic heterocycles. The SMILES string of the molecule is COC(=O)c1cccc(C2COC(c3nc(C4CCCCC4)n(C(=O)O)c3COC34CC5CC(CC(C5)C3)C4)=N2)c1. The summed E-state index contributed by atoms with van der Waals surface area (Å²) in [6.07, 6.45) is 11.3. The fourth-order valence-corrected chi connectivity index (χ4v) is 8.72. The molecule has 41 heavy (non-hydrogen) atoms. The van der Waals surface area contributed by atoms with Crippen molar-refractivity contribution in [1.82, 2.24) is 9.55 Å². The zero-order chi connectivity index (χ0) is 28.1. The number of carbonyl (C=O) groups excluding carboxylic acids is 1. The minimum absolute atomic E-state index is 0.0847. The largest absolute Gasteiger partial charge is 0.474 e. The van der Waals surface area contributed by atoms with Crippen molar-refractivity contribution in [2.45, 2.75) is 94.8 Å². The Labute approximate surface area is 240 Å². The number of esters is 1. The van der Waals surface area contributed by atoms with Crippen LogP contribution in [0.3, 0.4) is 0 Å². The van der Waals surface area contributed by atoms with E-state index in [1.54, 1.807) is 18.2 Å². The number of ether oxygens (including phenoxy) is 3. The van der Waals surface area contributed by atoms with E-state index in [0.29, 0.717) is 28.7 Å². The van der Waals surface area contributed by atoms with Gasteiger partial charge in [0.2, 0.25) is 5.90 Å². The van der Waals surface area contributed by atoms with Crippen molar-refractivity contribution in [3.63, 3.8) is 0 Å². The van der Waals surface area contributed by atoms with Crippen LogP contribution in [0.4, 0.5) is 4.79 Å². The standard InChI is InChI=1S/C32H39N3O6/c1-39-30(36)24-9-5-8-23(13-24)25-17-40-29(33-25)27-26(35(31(37)38)28(34-27)22-6-3-2-4-7-22)18-41-32-14-19-10-20(15-32)12-21(11-19)16-32/h5,8-9,13,19-22,25H,2-4,6-7,10-12,14-18H2,1H3,(H,37,38). The van der Waals surface area contributed by atoms with Gasteiger partial charge in [0, 0.05) is 5.92 Å². The van der Waals surface area contributed by atoms with Crippen molar-refractivity contribution in [2.24, 2.45) is 22.7 Å². The monoisotopic (exact) mass is 561 g/mol. The van der Waals surface area contributed by atoms with Crippen LogP contribution in [0, 0.1) is 17.8 Å². The Morgan fingerprint density at radius 1 is 1.07 bits per heavy atom. The van der Waals surface area contributed by atoms with Crippen molar-refractivity contribution >= 4 is 18.0 Å². The van der Waals surface area contributed by atoms with Crippen LogP contribution < -0.4 is 0 Å². The Balaban J connectivity index is 1.23. The summed E-state index contributed by atoms with van der Waals surface area (Å²) in [5.41, 5.74) is 2.12. The van der Waals surface area contributed by atoms with Gasteiger partial charge in [-0.3, -0.25) is 0 Å². The lowest BCUT2D eigenvalue weighted by Gasteiger charge is -2.56. The number of hydrogen-bond acceptors (Lipinski definition) is 7. The normalized spacial score (nSPS) is 30.7. The van der Waals surface area contributed by atoms with Crippen molar-refractivity contribution in [3.8, 4) is 0 Å². The second kappa shape index (κ2) is 10.6. The van der Waals surface area contributed by atoms with Crippen LogP contribution in [0.1, 0.15) is 116 Å². The third kappa shape index (κ3) is 4.96. The molecule has 9 nitrogen and oxygen atoms in total. The van der Waals surface area contributed by atoms with Crippen LogP contribution in [0.25, 0.3) is 0 Å². The van der Waals surface area contributed by atoms with E-state index in [1.807, 2.05) is 6.07 Å². The Morgan fingerprint density at radius 3 is 2.44 bits per heavy atom. The number of carbonyl (C=O) groups is 2. The molecule has 1 N–H and O–H groups in total. The number of nitrogens with zero attached hydrogens (tertiary/aromatic N) is 3. The molecule has 9 heteroatoms. The lowest BCUT2D eigenvalue weighted by molar-refractivity contribution is -0.169. The summed E-state index contributed by atoms with van der Waals surface area (Å²) in [5.74, 6) is 2.79. The predicted molar refractivity (Wildman–Crippen MR) is 150 cm³/mol. The van der Waals surface area contributed by atoms with E-state index in [2.05, 4.69) is 0 Å². The van der Waals surface area contributed by atoms with Crippen LogP contribution in [0.2, 0.25) is 0 Å². The zero-order valence-electron chi connectivity index (χ0n) is 23.7. The summed E-state index contributed by atoms with van der Waals surface area (Å²) < 4.78 is 19.2. The van der Waals surface area contributed by atoms with E-state index in [4.69, 9.17) is 24.2 Å². The number of aliphatic imine (C=N–C) groups is 1. The zero-order valence-corrected chi connectivity index (χ0v) is 23.7. The van der Waals surface area contributed by atoms with Crippen LogP contribution >= 0.6 is 0 Å². The molecule has 5 aliphatic carbocycles. The highest BCUT2D eigenvalue weighted by molar-refractivity contribution is 5.95. The molecule has 4 bridgehead atoms. The molecule has 6 aliphatic rings. The molecule has 0 amide bonds. The maximum absolute atomic E-state index is 12.8. The molecule has 1 aromatic carbocycles. The molecule has 2 heterocycles. The molecular weight excluding hydrogens is 522 g/mol. The van der Waals surface area contributed by atoms with E-state index in [-0.39, 0.29) is 30.8 Å². The van der Waals surface area contributed by atoms with Gasteiger partial charge < -0.3 is 19.3 Å². The van der Waals surface area contributed by atoms with E-state index in [1.165, 1.54) is 37.4 Å². The number of benzene rings is 1. The lowest BCUT2D eigenvalue weighted by Crippen LogP contribution is -2.52. The van der Waals surface area contributed by atoms with Crippen molar-refractivity contribution in [1.29, 1.82) is 0 Å². The second-order valence-corrected chi connectivity index (χ2v) is 13.0. The van der Waals surface area contributed by atoms with Gasteiger partial charge in [0.25, 0.3) is 0 Å². The number of imidazole rings is 1. The smallest absolute Gasteiger partial charge is 0.417 e. The number of rotatable bonds is 7. The summed E-state index contributed by atoms with van der Waals surface area (Å²) in [6.45, 7) is 0.465. The molecule has 1 aromatic heterocycles. The van der Waals surface area contributed by atoms with Crippen molar-refractivity contribution in [2.75, 3.05) is 13.7 Å². The Bertz CT molecular complexity index is 1340. The highest BCUT2D eigenvalue weighted by atomic mass is 16.5. The quantitative estimate of drug-likeness (QED) is 0.398. The van der Waals surface area contributed by atoms with Crippen LogP contribution in [0.15, 0.2) is 29.3 Å². The molecule has 1 unspecified atom stereocenters. The Morgan fingerprint density at radius 2 is 1.78 bits per heavy atom. The number of hydrogen-bond donors (Lipinski definition) is 1. The lowest BCUT2D eigenvalue weighted by atomic mass is 9.54. The Kier molecular flexibility index (Phi) is 6.88. The van der Waals surface area contributed by atoms with E-state index in [0.717, 1.165) is 68.3 Å². The van der Waals surface area contributed by atoms with Gasteiger partial charge in [-0.15, -0.1) is 0 Å². The molecule has 0 saturated heterocycles. The summed E-state index contributed by atoms with van der Waals surface area (Å²) in [5, 5.41) is 10.5. The van der Waals surface area contributed by atoms with Gasteiger partial charge in [0.05, 0.1) is 30.6 Å². The summed E-state index contributed by atoms with van der Waals surface area (Å²) >= 11 is 0. The minimum Gasteiger partial charge on any atom is -0.474 e. The molecular formula is C32H39N3O6. The van der Waals surface area contributed by atoms with Gasteiger partial charge in [0.1, 0.15) is 24.2 Å². The van der Waals surface area contributed by atoms with E-state index >= 15 is 0 Å². The average molecular weight is 562 g/mol. The van der Waals surface area contributed by atoms with Crippen molar-refractivity contribution < 1.29 is 28.9 Å². The number of aromatic nitrogens is 2. The molecule has 5 fully saturated rings. The van der Waals surface area contributed by atoms with Gasteiger partial charge in [-0.2, -0.15) is 0 Å². The van der Waals surface area contributed by atoms with E-state index < -0.39 is 12.1 Å². The molecule has 1 atom stereocenters. The third-order valence-electron chi connectivity index (χ3n) is 10.2. The van der Waals surface area contributed by atoms with Gasteiger partial charge in [-0.05, 0) is 86.8 Å². The minimum atomic E-state index is -1.03. The first-order valence-electron chi connectivity index (χ1n) is 15.3. The van der Waals surface area contributed by atoms with Gasteiger partial charge >= 0.3 is 12.1 Å². The highest BCUT2D eigenvalue weighted by Crippen LogP contribution is 2.57. The van der Waals surface area contributed by atoms with Crippen molar-refractivity contribution in [3.05, 3.63) is 52.6 Å². The van der Waals surface area contributed by atoms with Crippen LogP contribution in [0.5, 0.6) is 0 Å². The molecule has 5 saturated carbocycles. The summed E-state index contributed by atoms with van der Waals surface area (Å²) in [4.78, 5) is 34.7. The first-order chi connectivity index (χ1) is 19.9. The fourth-order valence-electron chi connectivity index (χ4n) is 8.72. The first-order valence-corrected chi connectivity index (χ1v) is 15.3. The van der Waals surface area contributed by atoms with Crippen LogP contribution in [-0.4, -0.2) is 51.9 Å². The van der Waals surface area contributed by atoms with Gasteiger partial charge in [0.15, 0.2) is 0 Å². The highest BCUT2D eigenvalue weighted by Gasteiger charge is 2.52. The van der Waals surface area contributed by atoms with Crippen LogP contribution in [-0.2, 0) is 20.8 Å². The number of methoxy groups -OCH3 is 1. The molecule has 0 spiro atoms. The third-order valence-corrected chi connectivity index (χ3v) is 10.2. The molecule has 2 aromatic rings. The molecule has 0 radical (unpaired) electrons. The summed E-state index contributed by atoms with van der Waals surface area (Å²) in [6, 6.07) is 6.86. The average Bonchev–Trinajstić information content (AvgIpc) is 3.61. The maximum atomic E-state index is 12.8. The topological polar surface area (TPSA) is 112 Å². The number of carboxylic acid groups (broad SMARTS) is 1. The van der Waals surface area contributed by atoms with Gasteiger partial charge in [-0.1, -0.05) is 31.4 Å². The first kappa shape index (κ1) is 26.7. The summed E-state index contributed by atoms with van der Waals surface area (Å²) in [7, 11) is 1.36. The fraction of sp³-hybridized carbons (Fsp3) is 0.625. The maximum Gasteiger partial charge on any atom is 0.417 e. The molecule has 8 rings (SSSR count). The van der Waals surface area contributed by atoms with E-state index in [9.17, 15) is 14.7 Å². The second-order valence-electron chi connectivity index (χ2n) is 13.0.